The van der Waals surface area contributed by atoms with Crippen LogP contribution in [0.3, 0.4) is 0 Å². The molecule has 1 N–H and O–H groups in total. The summed E-state index contributed by atoms with van der Waals surface area (Å²) in [6, 6.07) is 6.49. The van der Waals surface area contributed by atoms with E-state index in [1.807, 2.05) is 0 Å². The van der Waals surface area contributed by atoms with E-state index in [-0.39, 0.29) is 0 Å². The van der Waals surface area contributed by atoms with Gasteiger partial charge in [-0.05, 0) is 24.0 Å². The van der Waals surface area contributed by atoms with Gasteiger partial charge in [0.25, 0.3) is 0 Å². The molecule has 0 bridgehead atoms. The maximum Gasteiger partial charge on any atom is 0.0607 e. The second-order valence-corrected chi connectivity index (χ2v) is 5.34. The molecule has 1 aromatic rings. The van der Waals surface area contributed by atoms with Crippen LogP contribution in [-0.2, 0) is 0 Å². The topological polar surface area (TPSA) is 15.3 Å². The number of nitrogens with zero attached hydrogens (tertiary/aromatic N) is 1. The van der Waals surface area contributed by atoms with Crippen LogP contribution in [0.4, 0.5) is 11.4 Å². The highest BCUT2D eigenvalue weighted by Crippen LogP contribution is 2.34. The lowest BCUT2D eigenvalue weighted by Gasteiger charge is -2.27. The Bertz CT molecular complexity index is 369. The Morgan fingerprint density at radius 2 is 2.07 bits per heavy atom. The van der Waals surface area contributed by atoms with Crippen LogP contribution in [0.1, 0.15) is 19.4 Å². The fraction of sp³-hybridized carbons (Fsp3) is 0.538. The van der Waals surface area contributed by atoms with Crippen molar-refractivity contribution in [2.75, 3.05) is 30.4 Å². The van der Waals surface area contributed by atoms with Crippen molar-refractivity contribution in [3.05, 3.63) is 23.8 Å². The number of hydrogen-bond acceptors (Lipinski definition) is 2. The Morgan fingerprint density at radius 1 is 1.33 bits per heavy atom. The van der Waals surface area contributed by atoms with Crippen LogP contribution in [0, 0.1) is 12.3 Å². The highest BCUT2D eigenvalue weighted by atomic mass is 15.1. The minimum Gasteiger partial charge on any atom is -0.383 e. The van der Waals surface area contributed by atoms with Crippen molar-refractivity contribution in [3.8, 4) is 0 Å². The molecule has 2 heteroatoms. The van der Waals surface area contributed by atoms with E-state index >= 15 is 0 Å². The van der Waals surface area contributed by atoms with E-state index in [4.69, 9.17) is 0 Å². The SMILES string of the molecule is Cc1cccc2c1NCC(C)(C)CN2C. The van der Waals surface area contributed by atoms with Gasteiger partial charge in [-0.25, -0.2) is 0 Å². The quantitative estimate of drug-likeness (QED) is 0.699. The van der Waals surface area contributed by atoms with E-state index in [2.05, 4.69) is 56.2 Å². The molecule has 1 aromatic carbocycles. The molecular formula is C13H20N2. The van der Waals surface area contributed by atoms with E-state index in [1.54, 1.807) is 0 Å². The van der Waals surface area contributed by atoms with Crippen molar-refractivity contribution in [3.63, 3.8) is 0 Å². The minimum absolute atomic E-state index is 0.320. The van der Waals surface area contributed by atoms with Gasteiger partial charge in [0.2, 0.25) is 0 Å². The lowest BCUT2D eigenvalue weighted by Crippen LogP contribution is -2.33. The maximum absolute atomic E-state index is 3.57. The normalized spacial score (nSPS) is 19.1. The van der Waals surface area contributed by atoms with Crippen molar-refractivity contribution in [1.82, 2.24) is 0 Å². The van der Waals surface area contributed by atoms with Crippen molar-refractivity contribution >= 4 is 11.4 Å². The molecule has 82 valence electrons. The minimum atomic E-state index is 0.320. The molecule has 0 unspecified atom stereocenters. The number of rotatable bonds is 0. The van der Waals surface area contributed by atoms with Gasteiger partial charge in [-0.15, -0.1) is 0 Å². The zero-order valence-corrected chi connectivity index (χ0v) is 10.1. The third-order valence-corrected chi connectivity index (χ3v) is 3.07. The molecule has 2 nitrogen and oxygen atoms in total. The molecule has 0 radical (unpaired) electrons. The standard InChI is InChI=1S/C13H20N2/c1-10-6-5-7-11-12(10)14-8-13(2,3)9-15(11)4/h5-7,14H,8-9H2,1-4H3. The first kappa shape index (κ1) is 10.3. The van der Waals surface area contributed by atoms with Gasteiger partial charge in [0, 0.05) is 20.1 Å². The second kappa shape index (κ2) is 3.44. The number of anilines is 2. The van der Waals surface area contributed by atoms with Crippen LogP contribution in [0.5, 0.6) is 0 Å². The molecule has 15 heavy (non-hydrogen) atoms. The highest BCUT2D eigenvalue weighted by molar-refractivity contribution is 5.74. The van der Waals surface area contributed by atoms with Gasteiger partial charge in [0.1, 0.15) is 0 Å². The van der Waals surface area contributed by atoms with Gasteiger partial charge in [0.15, 0.2) is 0 Å². The summed E-state index contributed by atoms with van der Waals surface area (Å²) < 4.78 is 0. The number of nitrogens with one attached hydrogen (secondary N) is 1. The highest BCUT2D eigenvalue weighted by Gasteiger charge is 2.25. The number of benzene rings is 1. The number of aryl methyl sites for hydroxylation is 1. The first-order valence-electron chi connectivity index (χ1n) is 5.54. The smallest absolute Gasteiger partial charge is 0.0607 e. The van der Waals surface area contributed by atoms with Gasteiger partial charge >= 0.3 is 0 Å². The molecule has 0 aromatic heterocycles. The van der Waals surface area contributed by atoms with E-state index < -0.39 is 0 Å². The molecule has 0 saturated carbocycles. The van der Waals surface area contributed by atoms with Gasteiger partial charge in [-0.3, -0.25) is 0 Å². The Balaban J connectivity index is 2.44. The average molecular weight is 204 g/mol. The summed E-state index contributed by atoms with van der Waals surface area (Å²) >= 11 is 0. The molecule has 1 aliphatic heterocycles. The summed E-state index contributed by atoms with van der Waals surface area (Å²) in [5, 5.41) is 3.57. The predicted molar refractivity (Wildman–Crippen MR) is 66.7 cm³/mol. The lowest BCUT2D eigenvalue weighted by molar-refractivity contribution is 0.403. The van der Waals surface area contributed by atoms with Gasteiger partial charge in [0.05, 0.1) is 11.4 Å². The van der Waals surface area contributed by atoms with E-state index in [0.29, 0.717) is 5.41 Å². The van der Waals surface area contributed by atoms with Crippen LogP contribution in [0.2, 0.25) is 0 Å². The predicted octanol–water partition coefficient (Wildman–Crippen LogP) is 2.88. The first-order chi connectivity index (χ1) is 6.99. The zero-order valence-electron chi connectivity index (χ0n) is 10.1. The molecule has 1 heterocycles. The fourth-order valence-corrected chi connectivity index (χ4v) is 2.31. The summed E-state index contributed by atoms with van der Waals surface area (Å²) in [5.74, 6) is 0. The van der Waals surface area contributed by atoms with Crippen LogP contribution < -0.4 is 10.2 Å². The molecule has 1 aliphatic rings. The Kier molecular flexibility index (Phi) is 2.37. The lowest BCUT2D eigenvalue weighted by atomic mass is 9.93. The van der Waals surface area contributed by atoms with E-state index in [0.717, 1.165) is 13.1 Å². The monoisotopic (exact) mass is 204 g/mol. The third kappa shape index (κ3) is 1.94. The van der Waals surface area contributed by atoms with Crippen LogP contribution in [0.15, 0.2) is 18.2 Å². The van der Waals surface area contributed by atoms with Crippen LogP contribution in [-0.4, -0.2) is 20.1 Å². The Hall–Kier alpha value is -1.18. The molecule has 0 spiro atoms. The van der Waals surface area contributed by atoms with E-state index in [9.17, 15) is 0 Å². The summed E-state index contributed by atoms with van der Waals surface area (Å²) in [7, 11) is 2.17. The van der Waals surface area contributed by atoms with Crippen LogP contribution in [0.25, 0.3) is 0 Å². The van der Waals surface area contributed by atoms with Crippen LogP contribution >= 0.6 is 0 Å². The van der Waals surface area contributed by atoms with Crippen molar-refractivity contribution in [1.29, 1.82) is 0 Å². The Labute approximate surface area is 92.3 Å². The van der Waals surface area contributed by atoms with Gasteiger partial charge in [-0.1, -0.05) is 26.0 Å². The fourth-order valence-electron chi connectivity index (χ4n) is 2.31. The zero-order chi connectivity index (χ0) is 11.1. The number of para-hydroxylation sites is 1. The van der Waals surface area contributed by atoms with Crippen molar-refractivity contribution < 1.29 is 0 Å². The summed E-state index contributed by atoms with van der Waals surface area (Å²) in [6.45, 7) is 8.90. The molecule has 0 saturated heterocycles. The van der Waals surface area contributed by atoms with Gasteiger partial charge < -0.3 is 10.2 Å². The van der Waals surface area contributed by atoms with Gasteiger partial charge in [-0.2, -0.15) is 0 Å². The Morgan fingerprint density at radius 3 is 2.80 bits per heavy atom. The summed E-state index contributed by atoms with van der Waals surface area (Å²) in [5.41, 5.74) is 4.27. The molecule has 0 amide bonds. The number of fused-ring (bicyclic) bond motifs is 1. The molecule has 0 fully saturated rings. The molecule has 0 atom stereocenters. The van der Waals surface area contributed by atoms with Crippen molar-refractivity contribution in [2.45, 2.75) is 20.8 Å². The summed E-state index contributed by atoms with van der Waals surface area (Å²) in [4.78, 5) is 2.35. The van der Waals surface area contributed by atoms with E-state index in [1.165, 1.54) is 16.9 Å². The largest absolute Gasteiger partial charge is 0.383 e. The summed E-state index contributed by atoms with van der Waals surface area (Å²) in [6.07, 6.45) is 0. The first-order valence-corrected chi connectivity index (χ1v) is 5.54. The third-order valence-electron chi connectivity index (χ3n) is 3.07. The molecule has 0 aliphatic carbocycles. The molecule has 2 rings (SSSR count). The maximum atomic E-state index is 3.57. The second-order valence-electron chi connectivity index (χ2n) is 5.34. The average Bonchev–Trinajstić information content (AvgIpc) is 2.25. The van der Waals surface area contributed by atoms with Crippen molar-refractivity contribution in [2.24, 2.45) is 5.41 Å². The molecular weight excluding hydrogens is 184 g/mol. The number of hydrogen-bond donors (Lipinski definition) is 1.